The molecular formula is C22H26N4O4Si. The predicted octanol–water partition coefficient (Wildman–Crippen LogP) is 4.84. The van der Waals surface area contributed by atoms with E-state index in [0.717, 1.165) is 12.5 Å². The second-order valence-corrected chi connectivity index (χ2v) is 10.7. The molecule has 0 unspecified atom stereocenters. The van der Waals surface area contributed by atoms with Crippen LogP contribution in [-0.4, -0.2) is 45.3 Å². The van der Waals surface area contributed by atoms with E-state index in [-0.39, 0.29) is 11.7 Å². The molecule has 3 rings (SSSR count). The highest BCUT2D eigenvalue weighted by Crippen LogP contribution is 2.31. The number of aromatic nitrogens is 1. The number of rotatable bonds is 9. The van der Waals surface area contributed by atoms with Gasteiger partial charge in [0.15, 0.2) is 0 Å². The van der Waals surface area contributed by atoms with Crippen LogP contribution in [0.5, 0.6) is 5.75 Å². The van der Waals surface area contributed by atoms with Gasteiger partial charge in [0.2, 0.25) is 0 Å². The number of phenols is 1. The lowest BCUT2D eigenvalue weighted by atomic mass is 10.1. The van der Waals surface area contributed by atoms with Crippen LogP contribution in [0.3, 0.4) is 0 Å². The minimum atomic E-state index is -2.11. The van der Waals surface area contributed by atoms with Crippen molar-refractivity contribution in [1.29, 1.82) is 0 Å². The smallest absolute Gasteiger partial charge is 0.334 e. The van der Waals surface area contributed by atoms with Crippen molar-refractivity contribution in [2.45, 2.75) is 19.0 Å². The summed E-state index contributed by atoms with van der Waals surface area (Å²) < 4.78 is 10.9. The topological polar surface area (TPSA) is 105 Å². The van der Waals surface area contributed by atoms with Crippen LogP contribution < -0.4 is 5.32 Å². The summed E-state index contributed by atoms with van der Waals surface area (Å²) >= 11 is 0. The van der Waals surface area contributed by atoms with Crippen molar-refractivity contribution < 1.29 is 18.8 Å². The van der Waals surface area contributed by atoms with Crippen LogP contribution in [0.2, 0.25) is 12.6 Å². The van der Waals surface area contributed by atoms with Crippen molar-refractivity contribution in [2.75, 3.05) is 20.8 Å². The van der Waals surface area contributed by atoms with Crippen molar-refractivity contribution >= 4 is 36.7 Å². The Balaban J connectivity index is 1.59. The summed E-state index contributed by atoms with van der Waals surface area (Å²) in [5.74, 6) is -0.0429. The highest BCUT2D eigenvalue weighted by atomic mass is 28.4. The first-order valence-corrected chi connectivity index (χ1v) is 12.4. The summed E-state index contributed by atoms with van der Waals surface area (Å²) in [7, 11) is 1.22. The number of hydrogen-bond donors (Lipinski definition) is 2. The first-order chi connectivity index (χ1) is 15.0. The fraction of sp³-hybridized carbons (Fsp3) is 0.273. The van der Waals surface area contributed by atoms with Gasteiger partial charge in [-0.1, -0.05) is 0 Å². The number of hydrogen-bond acceptors (Lipinski definition) is 7. The quantitative estimate of drug-likeness (QED) is 0.282. The van der Waals surface area contributed by atoms with Crippen LogP contribution in [0.15, 0.2) is 65.0 Å². The molecule has 1 aromatic heterocycles. The number of nitrogens with zero attached hydrogens (tertiary/aromatic N) is 3. The maximum Gasteiger partial charge on any atom is 0.334 e. The van der Waals surface area contributed by atoms with Crippen LogP contribution in [0, 0.1) is 0 Å². The molecule has 0 aliphatic rings. The highest BCUT2D eigenvalue weighted by Gasteiger charge is 2.27. The van der Waals surface area contributed by atoms with E-state index in [1.165, 1.54) is 0 Å². The maximum absolute atomic E-state index is 12.3. The van der Waals surface area contributed by atoms with Gasteiger partial charge in [0.25, 0.3) is 5.91 Å². The number of azo groups is 1. The SMILES string of the molecule is CO[Si](C)(CCCNC(=O)c1ccc(N=Nc2ccc(O)c3ncccc23)cc1)OC. The van der Waals surface area contributed by atoms with Gasteiger partial charge < -0.3 is 19.3 Å². The zero-order valence-electron chi connectivity index (χ0n) is 17.8. The van der Waals surface area contributed by atoms with E-state index in [1.54, 1.807) is 62.9 Å². The molecule has 0 atom stereocenters. The first kappa shape index (κ1) is 22.5. The Kier molecular flexibility index (Phi) is 7.45. The molecular weight excluding hydrogens is 412 g/mol. The largest absolute Gasteiger partial charge is 0.506 e. The number of phenolic OH excluding ortho intramolecular Hbond substituents is 1. The van der Waals surface area contributed by atoms with Gasteiger partial charge in [0, 0.05) is 37.9 Å². The van der Waals surface area contributed by atoms with E-state index in [2.05, 4.69) is 20.5 Å². The van der Waals surface area contributed by atoms with Gasteiger partial charge in [0.1, 0.15) is 11.3 Å². The first-order valence-electron chi connectivity index (χ1n) is 9.93. The van der Waals surface area contributed by atoms with Crippen molar-refractivity contribution in [3.05, 3.63) is 60.3 Å². The molecule has 0 bridgehead atoms. The highest BCUT2D eigenvalue weighted by molar-refractivity contribution is 6.65. The lowest BCUT2D eigenvalue weighted by Gasteiger charge is -2.22. The number of fused-ring (bicyclic) bond motifs is 1. The van der Waals surface area contributed by atoms with Gasteiger partial charge in [-0.3, -0.25) is 9.78 Å². The third-order valence-electron chi connectivity index (χ3n) is 5.08. The lowest BCUT2D eigenvalue weighted by molar-refractivity contribution is 0.0953. The average Bonchev–Trinajstić information content (AvgIpc) is 2.81. The van der Waals surface area contributed by atoms with Crippen LogP contribution in [0.4, 0.5) is 11.4 Å². The van der Waals surface area contributed by atoms with E-state index in [1.807, 2.05) is 12.6 Å². The molecule has 162 valence electrons. The number of carbonyl (C=O) groups excluding carboxylic acids is 1. The zero-order chi connectivity index (χ0) is 22.3. The van der Waals surface area contributed by atoms with Crippen molar-refractivity contribution in [1.82, 2.24) is 10.3 Å². The van der Waals surface area contributed by atoms with Crippen LogP contribution in [-0.2, 0) is 8.85 Å². The van der Waals surface area contributed by atoms with Gasteiger partial charge >= 0.3 is 8.56 Å². The molecule has 8 nitrogen and oxygen atoms in total. The number of carbonyl (C=O) groups is 1. The summed E-state index contributed by atoms with van der Waals surface area (Å²) in [5, 5.41) is 22.1. The molecule has 0 radical (unpaired) electrons. The molecule has 0 fully saturated rings. The van der Waals surface area contributed by atoms with Gasteiger partial charge in [-0.2, -0.15) is 5.11 Å². The Bertz CT molecular complexity index is 1070. The number of nitrogens with one attached hydrogen (secondary N) is 1. The third kappa shape index (κ3) is 5.72. The molecule has 3 aromatic rings. The summed E-state index contributed by atoms with van der Waals surface area (Å²) in [6.45, 7) is 2.55. The molecule has 2 N–H and O–H groups in total. The number of amides is 1. The lowest BCUT2D eigenvalue weighted by Crippen LogP contribution is -2.37. The zero-order valence-corrected chi connectivity index (χ0v) is 18.8. The monoisotopic (exact) mass is 438 g/mol. The molecule has 0 saturated carbocycles. The molecule has 1 heterocycles. The van der Waals surface area contributed by atoms with Gasteiger partial charge in [-0.25, -0.2) is 0 Å². The molecule has 31 heavy (non-hydrogen) atoms. The van der Waals surface area contributed by atoms with E-state index in [4.69, 9.17) is 8.85 Å². The molecule has 0 aliphatic heterocycles. The van der Waals surface area contributed by atoms with Crippen molar-refractivity contribution in [3.63, 3.8) is 0 Å². The molecule has 1 amide bonds. The third-order valence-corrected chi connectivity index (χ3v) is 8.07. The fourth-order valence-corrected chi connectivity index (χ4v) is 4.42. The standard InChI is InChI=1S/C22H26N4O4Si/c1-29-31(3,30-2)15-5-14-24-22(28)16-7-9-17(10-8-16)25-26-19-11-12-20(27)21-18(19)6-4-13-23-21/h4,6-13,27H,5,14-15H2,1-3H3,(H,24,28). The van der Waals surface area contributed by atoms with Gasteiger partial charge in [-0.05, 0) is 67.5 Å². The number of aromatic hydroxyl groups is 1. The Morgan fingerprint density at radius 3 is 2.55 bits per heavy atom. The Morgan fingerprint density at radius 1 is 1.10 bits per heavy atom. The molecule has 0 saturated heterocycles. The maximum atomic E-state index is 12.3. The van der Waals surface area contributed by atoms with Crippen LogP contribution in [0.25, 0.3) is 10.9 Å². The summed E-state index contributed by atoms with van der Waals surface area (Å²) in [6.07, 6.45) is 2.40. The van der Waals surface area contributed by atoms with Crippen molar-refractivity contribution in [2.24, 2.45) is 10.2 Å². The van der Waals surface area contributed by atoms with Gasteiger partial charge in [-0.15, -0.1) is 5.11 Å². The minimum absolute atomic E-state index is 0.0984. The van der Waals surface area contributed by atoms with E-state index < -0.39 is 8.56 Å². The second kappa shape index (κ2) is 10.2. The average molecular weight is 439 g/mol. The van der Waals surface area contributed by atoms with Crippen LogP contribution in [0.1, 0.15) is 16.8 Å². The predicted molar refractivity (Wildman–Crippen MR) is 121 cm³/mol. The van der Waals surface area contributed by atoms with E-state index >= 15 is 0 Å². The Morgan fingerprint density at radius 2 is 1.84 bits per heavy atom. The normalized spacial score (nSPS) is 11.8. The fourth-order valence-electron chi connectivity index (χ4n) is 3.02. The number of benzene rings is 2. The van der Waals surface area contributed by atoms with Crippen LogP contribution >= 0.6 is 0 Å². The summed E-state index contributed by atoms with van der Waals surface area (Å²) in [4.78, 5) is 16.5. The van der Waals surface area contributed by atoms with E-state index in [0.29, 0.717) is 34.4 Å². The number of pyridine rings is 1. The minimum Gasteiger partial charge on any atom is -0.506 e. The van der Waals surface area contributed by atoms with Crippen molar-refractivity contribution in [3.8, 4) is 5.75 Å². The second-order valence-electron chi connectivity index (χ2n) is 7.15. The summed E-state index contributed by atoms with van der Waals surface area (Å²) in [6, 6.07) is 14.5. The van der Waals surface area contributed by atoms with Gasteiger partial charge in [0.05, 0.1) is 11.4 Å². The molecule has 9 heteroatoms. The van der Waals surface area contributed by atoms with E-state index in [9.17, 15) is 9.90 Å². The molecule has 0 spiro atoms. The Labute approximate surface area is 182 Å². The Hall–Kier alpha value is -3.14. The molecule has 0 aliphatic carbocycles. The molecule has 2 aromatic carbocycles. The summed E-state index contributed by atoms with van der Waals surface area (Å²) in [5.41, 5.74) is 2.25.